The van der Waals surface area contributed by atoms with E-state index in [1.807, 2.05) is 55.5 Å². The molecule has 0 bridgehead atoms. The molecule has 5 nitrogen and oxygen atoms in total. The van der Waals surface area contributed by atoms with E-state index in [0.29, 0.717) is 22.7 Å². The summed E-state index contributed by atoms with van der Waals surface area (Å²) in [5.74, 6) is 0.261. The molecular weight excluding hydrogens is 338 g/mol. The third-order valence-electron chi connectivity index (χ3n) is 3.84. The minimum Gasteiger partial charge on any atom is -0.495 e. The largest absolute Gasteiger partial charge is 0.495 e. The SMILES string of the molecule is COc1ccc(C)cc1NC(=O)c1c(C)nn(-c2ccccc2)c1Cl. The smallest absolute Gasteiger partial charge is 0.260 e. The van der Waals surface area contributed by atoms with Crippen LogP contribution in [0.1, 0.15) is 21.6 Å². The lowest BCUT2D eigenvalue weighted by Gasteiger charge is -2.11. The molecule has 0 saturated carbocycles. The maximum absolute atomic E-state index is 12.8. The summed E-state index contributed by atoms with van der Waals surface area (Å²) in [6.45, 7) is 3.70. The number of carbonyl (C=O) groups is 1. The van der Waals surface area contributed by atoms with Crippen molar-refractivity contribution in [2.24, 2.45) is 0 Å². The number of benzene rings is 2. The number of rotatable bonds is 4. The summed E-state index contributed by atoms with van der Waals surface area (Å²) in [6.07, 6.45) is 0. The highest BCUT2D eigenvalue weighted by molar-refractivity contribution is 6.34. The number of anilines is 1. The van der Waals surface area contributed by atoms with Gasteiger partial charge in [-0.05, 0) is 43.7 Å². The van der Waals surface area contributed by atoms with Gasteiger partial charge in [0.05, 0.1) is 24.2 Å². The molecule has 0 fully saturated rings. The predicted octanol–water partition coefficient (Wildman–Crippen LogP) is 4.40. The molecule has 0 radical (unpaired) electrons. The van der Waals surface area contributed by atoms with Gasteiger partial charge < -0.3 is 10.1 Å². The quantitative estimate of drug-likeness (QED) is 0.754. The summed E-state index contributed by atoms with van der Waals surface area (Å²) >= 11 is 6.44. The number of methoxy groups -OCH3 is 1. The molecule has 1 N–H and O–H groups in total. The van der Waals surface area contributed by atoms with Crippen LogP contribution in [0.5, 0.6) is 5.75 Å². The first kappa shape index (κ1) is 17.0. The second-order valence-electron chi connectivity index (χ2n) is 5.66. The van der Waals surface area contributed by atoms with Gasteiger partial charge in [0.15, 0.2) is 0 Å². The topological polar surface area (TPSA) is 56.1 Å². The summed E-state index contributed by atoms with van der Waals surface area (Å²) in [5, 5.41) is 7.53. The van der Waals surface area contributed by atoms with E-state index in [2.05, 4.69) is 10.4 Å². The Morgan fingerprint density at radius 3 is 2.56 bits per heavy atom. The summed E-state index contributed by atoms with van der Waals surface area (Å²) in [4.78, 5) is 12.8. The lowest BCUT2D eigenvalue weighted by atomic mass is 10.2. The molecule has 0 saturated heterocycles. The van der Waals surface area contributed by atoms with Gasteiger partial charge in [-0.1, -0.05) is 35.9 Å². The van der Waals surface area contributed by atoms with E-state index < -0.39 is 0 Å². The Morgan fingerprint density at radius 2 is 1.88 bits per heavy atom. The van der Waals surface area contributed by atoms with Gasteiger partial charge in [0.25, 0.3) is 5.91 Å². The summed E-state index contributed by atoms with van der Waals surface area (Å²) in [5.41, 5.74) is 3.30. The minimum absolute atomic E-state index is 0.271. The zero-order chi connectivity index (χ0) is 18.0. The number of aryl methyl sites for hydroxylation is 2. The third kappa shape index (κ3) is 3.37. The van der Waals surface area contributed by atoms with Crippen LogP contribution in [-0.2, 0) is 0 Å². The number of nitrogens with one attached hydrogen (secondary N) is 1. The van der Waals surface area contributed by atoms with Crippen molar-refractivity contribution < 1.29 is 9.53 Å². The maximum atomic E-state index is 12.8. The number of hydrogen-bond donors (Lipinski definition) is 1. The van der Waals surface area contributed by atoms with Gasteiger partial charge in [0.2, 0.25) is 0 Å². The Morgan fingerprint density at radius 1 is 1.16 bits per heavy atom. The lowest BCUT2D eigenvalue weighted by Crippen LogP contribution is -2.14. The van der Waals surface area contributed by atoms with Crippen molar-refractivity contribution in [2.45, 2.75) is 13.8 Å². The highest BCUT2D eigenvalue weighted by Gasteiger charge is 2.22. The standard InChI is InChI=1S/C19H18ClN3O2/c1-12-9-10-16(25-3)15(11-12)21-19(24)17-13(2)22-23(18(17)20)14-7-5-4-6-8-14/h4-11H,1-3H3,(H,21,24). The molecule has 2 aromatic carbocycles. The second-order valence-corrected chi connectivity index (χ2v) is 6.01. The number of ether oxygens (including phenoxy) is 1. The molecule has 0 aliphatic carbocycles. The molecule has 1 aromatic heterocycles. The predicted molar refractivity (Wildman–Crippen MR) is 99.0 cm³/mol. The van der Waals surface area contributed by atoms with Gasteiger partial charge >= 0.3 is 0 Å². The van der Waals surface area contributed by atoms with E-state index >= 15 is 0 Å². The van der Waals surface area contributed by atoms with Crippen LogP contribution < -0.4 is 10.1 Å². The number of carbonyl (C=O) groups excluding carboxylic acids is 1. The van der Waals surface area contributed by atoms with E-state index in [1.54, 1.807) is 18.7 Å². The minimum atomic E-state index is -0.325. The fourth-order valence-corrected chi connectivity index (χ4v) is 2.96. The van der Waals surface area contributed by atoms with Crippen molar-refractivity contribution in [3.05, 3.63) is 70.5 Å². The fraction of sp³-hybridized carbons (Fsp3) is 0.158. The Bertz CT molecular complexity index is 920. The molecule has 0 aliphatic heterocycles. The highest BCUT2D eigenvalue weighted by Crippen LogP contribution is 2.28. The van der Waals surface area contributed by atoms with Gasteiger partial charge in [0.1, 0.15) is 16.5 Å². The normalized spacial score (nSPS) is 10.6. The molecule has 3 aromatic rings. The second kappa shape index (κ2) is 6.99. The third-order valence-corrected chi connectivity index (χ3v) is 4.18. The number of para-hydroxylation sites is 1. The van der Waals surface area contributed by atoms with Crippen molar-refractivity contribution in [3.8, 4) is 11.4 Å². The van der Waals surface area contributed by atoms with Crippen LogP contribution in [0.2, 0.25) is 5.15 Å². The molecular formula is C19H18ClN3O2. The molecule has 3 rings (SSSR count). The van der Waals surface area contributed by atoms with Crippen LogP contribution in [0.15, 0.2) is 48.5 Å². The number of hydrogen-bond acceptors (Lipinski definition) is 3. The van der Waals surface area contributed by atoms with E-state index in [-0.39, 0.29) is 11.1 Å². The first-order valence-corrected chi connectivity index (χ1v) is 8.15. The van der Waals surface area contributed by atoms with Crippen molar-refractivity contribution >= 4 is 23.2 Å². The highest BCUT2D eigenvalue weighted by atomic mass is 35.5. The Kier molecular flexibility index (Phi) is 4.76. The van der Waals surface area contributed by atoms with Crippen LogP contribution in [0, 0.1) is 13.8 Å². The molecule has 128 valence electrons. The molecule has 6 heteroatoms. The Labute approximate surface area is 151 Å². The van der Waals surface area contributed by atoms with Crippen LogP contribution in [-0.4, -0.2) is 22.8 Å². The number of nitrogens with zero attached hydrogens (tertiary/aromatic N) is 2. The molecule has 0 unspecified atom stereocenters. The van der Waals surface area contributed by atoms with Gasteiger partial charge in [-0.2, -0.15) is 5.10 Å². The fourth-order valence-electron chi connectivity index (χ4n) is 2.60. The molecule has 0 aliphatic rings. The molecule has 1 amide bonds. The van der Waals surface area contributed by atoms with Crippen LogP contribution in [0.3, 0.4) is 0 Å². The van der Waals surface area contributed by atoms with Crippen molar-refractivity contribution in [3.63, 3.8) is 0 Å². The van der Waals surface area contributed by atoms with E-state index in [0.717, 1.165) is 11.3 Å². The van der Waals surface area contributed by atoms with E-state index in [4.69, 9.17) is 16.3 Å². The lowest BCUT2D eigenvalue weighted by molar-refractivity contribution is 0.102. The summed E-state index contributed by atoms with van der Waals surface area (Å²) in [6, 6.07) is 15.0. The van der Waals surface area contributed by atoms with Crippen LogP contribution in [0.25, 0.3) is 5.69 Å². The monoisotopic (exact) mass is 355 g/mol. The first-order valence-electron chi connectivity index (χ1n) is 7.78. The zero-order valence-electron chi connectivity index (χ0n) is 14.2. The molecule has 0 atom stereocenters. The Hall–Kier alpha value is -2.79. The number of amides is 1. The maximum Gasteiger partial charge on any atom is 0.260 e. The van der Waals surface area contributed by atoms with Gasteiger partial charge in [-0.3, -0.25) is 4.79 Å². The van der Waals surface area contributed by atoms with Gasteiger partial charge in [-0.25, -0.2) is 4.68 Å². The van der Waals surface area contributed by atoms with Gasteiger partial charge in [0, 0.05) is 0 Å². The van der Waals surface area contributed by atoms with E-state index in [1.165, 1.54) is 0 Å². The first-order chi connectivity index (χ1) is 12.0. The van der Waals surface area contributed by atoms with E-state index in [9.17, 15) is 4.79 Å². The zero-order valence-corrected chi connectivity index (χ0v) is 15.0. The summed E-state index contributed by atoms with van der Waals surface area (Å²) in [7, 11) is 1.56. The average Bonchev–Trinajstić information content (AvgIpc) is 2.90. The number of aromatic nitrogens is 2. The summed E-state index contributed by atoms with van der Waals surface area (Å²) < 4.78 is 6.86. The van der Waals surface area contributed by atoms with Crippen LogP contribution >= 0.6 is 11.6 Å². The molecule has 1 heterocycles. The molecule has 0 spiro atoms. The van der Waals surface area contributed by atoms with Crippen LogP contribution in [0.4, 0.5) is 5.69 Å². The Balaban J connectivity index is 1.96. The van der Waals surface area contributed by atoms with Crippen molar-refractivity contribution in [1.82, 2.24) is 9.78 Å². The van der Waals surface area contributed by atoms with Crippen molar-refractivity contribution in [1.29, 1.82) is 0 Å². The molecule has 25 heavy (non-hydrogen) atoms. The van der Waals surface area contributed by atoms with Crippen molar-refractivity contribution in [2.75, 3.05) is 12.4 Å². The number of halogens is 1. The average molecular weight is 356 g/mol. The van der Waals surface area contributed by atoms with Gasteiger partial charge in [-0.15, -0.1) is 0 Å².